The lowest BCUT2D eigenvalue weighted by Crippen LogP contribution is -2.42. The van der Waals surface area contributed by atoms with Gasteiger partial charge in [-0.05, 0) is 37.5 Å². The monoisotopic (exact) mass is 274 g/mol. The van der Waals surface area contributed by atoms with Crippen molar-refractivity contribution >= 4 is 16.9 Å². The van der Waals surface area contributed by atoms with Gasteiger partial charge in [0.2, 0.25) is 0 Å². The lowest BCUT2D eigenvalue weighted by atomic mass is 9.95. The molecule has 0 radical (unpaired) electrons. The first-order chi connectivity index (χ1) is 9.70. The van der Waals surface area contributed by atoms with Crippen LogP contribution in [0.15, 0.2) is 28.9 Å². The summed E-state index contributed by atoms with van der Waals surface area (Å²) in [7, 11) is 0. The predicted octanol–water partition coefficient (Wildman–Crippen LogP) is 2.19. The molecular formula is C15H15FN2O2. The number of hydrogen-bond acceptors (Lipinski definition) is 3. The molecule has 0 aliphatic carbocycles. The van der Waals surface area contributed by atoms with Gasteiger partial charge in [-0.25, -0.2) is 4.39 Å². The molecule has 0 saturated carbocycles. The second-order valence-electron chi connectivity index (χ2n) is 5.66. The van der Waals surface area contributed by atoms with Crippen LogP contribution in [0.2, 0.25) is 0 Å². The van der Waals surface area contributed by atoms with Crippen LogP contribution in [0.3, 0.4) is 0 Å². The number of carbonyl (C=O) groups excluding carboxylic acids is 1. The van der Waals surface area contributed by atoms with Crippen LogP contribution in [-0.4, -0.2) is 24.0 Å². The molecule has 2 N–H and O–H groups in total. The van der Waals surface area contributed by atoms with Crippen molar-refractivity contribution in [2.24, 2.45) is 0 Å². The van der Waals surface area contributed by atoms with Crippen LogP contribution < -0.4 is 10.6 Å². The Kier molecular flexibility index (Phi) is 2.57. The Bertz CT molecular complexity index is 682. The van der Waals surface area contributed by atoms with Crippen molar-refractivity contribution in [2.45, 2.75) is 37.4 Å². The fraction of sp³-hybridized carbons (Fsp3) is 0.400. The molecule has 2 bridgehead atoms. The Balaban J connectivity index is 1.56. The van der Waals surface area contributed by atoms with Crippen molar-refractivity contribution in [1.29, 1.82) is 0 Å². The molecule has 2 fully saturated rings. The van der Waals surface area contributed by atoms with E-state index >= 15 is 0 Å². The third-order valence-corrected chi connectivity index (χ3v) is 4.40. The second kappa shape index (κ2) is 4.31. The van der Waals surface area contributed by atoms with Gasteiger partial charge in [-0.3, -0.25) is 4.79 Å². The van der Waals surface area contributed by atoms with E-state index in [0.717, 1.165) is 19.1 Å². The highest BCUT2D eigenvalue weighted by molar-refractivity contribution is 5.98. The smallest absolute Gasteiger partial charge is 0.251 e. The molecule has 0 unspecified atom stereocenters. The number of furan rings is 1. The van der Waals surface area contributed by atoms with Crippen LogP contribution in [0.4, 0.5) is 4.39 Å². The maximum Gasteiger partial charge on any atom is 0.251 e. The highest BCUT2D eigenvalue weighted by Gasteiger charge is 2.39. The van der Waals surface area contributed by atoms with Gasteiger partial charge in [-0.1, -0.05) is 0 Å². The lowest BCUT2D eigenvalue weighted by Gasteiger charge is -2.21. The quantitative estimate of drug-likeness (QED) is 0.882. The topological polar surface area (TPSA) is 54.3 Å². The van der Waals surface area contributed by atoms with E-state index in [-0.39, 0.29) is 11.9 Å². The first-order valence-corrected chi connectivity index (χ1v) is 6.94. The van der Waals surface area contributed by atoms with E-state index in [1.54, 1.807) is 18.2 Å². The fourth-order valence-electron chi connectivity index (χ4n) is 3.37. The summed E-state index contributed by atoms with van der Waals surface area (Å²) in [5.41, 5.74) is 0.932. The van der Waals surface area contributed by atoms with Gasteiger partial charge in [-0.15, -0.1) is 0 Å². The van der Waals surface area contributed by atoms with Gasteiger partial charge in [0.05, 0.1) is 5.39 Å². The maximum absolute atomic E-state index is 13.5. The average Bonchev–Trinajstić information content (AvgIpc) is 3.15. The molecule has 3 atom stereocenters. The third kappa shape index (κ3) is 1.81. The summed E-state index contributed by atoms with van der Waals surface area (Å²) in [6.07, 6.45) is 4.36. The highest BCUT2D eigenvalue weighted by atomic mass is 19.1. The summed E-state index contributed by atoms with van der Waals surface area (Å²) in [6, 6.07) is 5.96. The van der Waals surface area contributed by atoms with Crippen LogP contribution >= 0.6 is 0 Å². The summed E-state index contributed by atoms with van der Waals surface area (Å²) in [4.78, 5) is 12.3. The fourth-order valence-corrected chi connectivity index (χ4v) is 3.37. The Morgan fingerprint density at radius 1 is 1.40 bits per heavy atom. The molecule has 104 valence electrons. The van der Waals surface area contributed by atoms with E-state index < -0.39 is 5.82 Å². The van der Waals surface area contributed by atoms with Crippen molar-refractivity contribution in [3.63, 3.8) is 0 Å². The molecule has 1 aromatic carbocycles. The second-order valence-corrected chi connectivity index (χ2v) is 5.66. The zero-order chi connectivity index (χ0) is 13.7. The average molecular weight is 274 g/mol. The van der Waals surface area contributed by atoms with Crippen LogP contribution in [0.5, 0.6) is 0 Å². The van der Waals surface area contributed by atoms with E-state index in [1.165, 1.54) is 6.42 Å². The van der Waals surface area contributed by atoms with Crippen molar-refractivity contribution < 1.29 is 13.6 Å². The third-order valence-electron chi connectivity index (χ3n) is 4.40. The maximum atomic E-state index is 13.5. The van der Waals surface area contributed by atoms with Crippen molar-refractivity contribution in [1.82, 2.24) is 10.6 Å². The van der Waals surface area contributed by atoms with Crippen LogP contribution in [-0.2, 0) is 0 Å². The molecule has 3 heterocycles. The van der Waals surface area contributed by atoms with Gasteiger partial charge in [-0.2, -0.15) is 0 Å². The molecule has 20 heavy (non-hydrogen) atoms. The van der Waals surface area contributed by atoms with Crippen LogP contribution in [0, 0.1) is 5.82 Å². The van der Waals surface area contributed by atoms with E-state index in [9.17, 15) is 9.18 Å². The van der Waals surface area contributed by atoms with Crippen molar-refractivity contribution in [3.05, 3.63) is 35.8 Å². The Morgan fingerprint density at radius 2 is 2.30 bits per heavy atom. The zero-order valence-electron chi connectivity index (χ0n) is 10.9. The lowest BCUT2D eigenvalue weighted by molar-refractivity contribution is 0.0931. The molecule has 1 aromatic heterocycles. The number of nitrogens with one attached hydrogen (secondary N) is 2. The normalized spacial score (nSPS) is 28.1. The van der Waals surface area contributed by atoms with Crippen LogP contribution in [0.25, 0.3) is 11.0 Å². The summed E-state index contributed by atoms with van der Waals surface area (Å²) in [5, 5.41) is 6.88. The molecule has 2 aromatic rings. The largest absolute Gasteiger partial charge is 0.461 e. The van der Waals surface area contributed by atoms with Gasteiger partial charge >= 0.3 is 0 Å². The van der Waals surface area contributed by atoms with Gasteiger partial charge in [0.1, 0.15) is 11.8 Å². The van der Waals surface area contributed by atoms with E-state index in [1.807, 2.05) is 0 Å². The molecule has 4 nitrogen and oxygen atoms in total. The van der Waals surface area contributed by atoms with E-state index in [4.69, 9.17) is 4.42 Å². The molecular weight excluding hydrogens is 259 g/mol. The van der Waals surface area contributed by atoms with Gasteiger partial charge in [0.25, 0.3) is 5.91 Å². The minimum Gasteiger partial charge on any atom is -0.461 e. The summed E-state index contributed by atoms with van der Waals surface area (Å²) in [6.45, 7) is 0. The van der Waals surface area contributed by atoms with Crippen molar-refractivity contribution in [2.75, 3.05) is 0 Å². The Labute approximate surface area is 115 Å². The van der Waals surface area contributed by atoms with Crippen molar-refractivity contribution in [3.8, 4) is 0 Å². The van der Waals surface area contributed by atoms with Gasteiger partial charge in [0.15, 0.2) is 5.82 Å². The molecule has 5 heteroatoms. The SMILES string of the molecule is O=C(N[C@@H]1C[C@H]2CC[C@@H]1N2)c1ccc2occ(F)c2c1. The highest BCUT2D eigenvalue weighted by Crippen LogP contribution is 2.28. The molecule has 0 spiro atoms. The summed E-state index contributed by atoms with van der Waals surface area (Å²) < 4.78 is 18.5. The molecule has 4 rings (SSSR count). The van der Waals surface area contributed by atoms with E-state index in [2.05, 4.69) is 10.6 Å². The Hall–Kier alpha value is -1.88. The first kappa shape index (κ1) is 11.9. The zero-order valence-corrected chi connectivity index (χ0v) is 10.9. The predicted molar refractivity (Wildman–Crippen MR) is 72.0 cm³/mol. The van der Waals surface area contributed by atoms with Gasteiger partial charge < -0.3 is 15.1 Å². The molecule has 1 amide bonds. The Morgan fingerprint density at radius 3 is 3.05 bits per heavy atom. The molecule has 2 saturated heterocycles. The molecule has 2 aliphatic heterocycles. The van der Waals surface area contributed by atoms with Gasteiger partial charge in [0, 0.05) is 23.7 Å². The summed E-state index contributed by atoms with van der Waals surface area (Å²) in [5.74, 6) is -0.580. The number of fused-ring (bicyclic) bond motifs is 3. The minimum atomic E-state index is -0.434. The number of hydrogen-bond donors (Lipinski definition) is 2. The number of rotatable bonds is 2. The summed E-state index contributed by atoms with van der Waals surface area (Å²) >= 11 is 0. The van der Waals surface area contributed by atoms with E-state index in [0.29, 0.717) is 28.6 Å². The number of carbonyl (C=O) groups is 1. The number of amides is 1. The number of benzene rings is 1. The number of halogens is 1. The standard InChI is InChI=1S/C15H15FN2O2/c16-11-7-20-14-4-1-8(5-10(11)14)15(19)18-13-6-9-2-3-12(13)17-9/h1,4-5,7,9,12-13,17H,2-3,6H2,(H,18,19)/t9-,12+,13-/m1/s1. The van der Waals surface area contributed by atoms with Crippen LogP contribution in [0.1, 0.15) is 29.6 Å². The molecule has 2 aliphatic rings. The first-order valence-electron chi connectivity index (χ1n) is 6.94. The minimum absolute atomic E-state index is 0.146.